The average Bonchev–Trinajstić information content (AvgIpc) is 2.61. The molecule has 3 heteroatoms. The van der Waals surface area contributed by atoms with Crippen LogP contribution >= 0.6 is 0 Å². The van der Waals surface area contributed by atoms with Gasteiger partial charge in [-0.2, -0.15) is 0 Å². The van der Waals surface area contributed by atoms with Gasteiger partial charge in [0.25, 0.3) is 0 Å². The highest BCUT2D eigenvalue weighted by Gasteiger charge is 2.09. The van der Waals surface area contributed by atoms with Gasteiger partial charge in [0, 0.05) is 25.5 Å². The van der Waals surface area contributed by atoms with Crippen molar-refractivity contribution in [3.63, 3.8) is 0 Å². The monoisotopic (exact) mass is 289 g/mol. The van der Waals surface area contributed by atoms with Crippen molar-refractivity contribution in [1.82, 2.24) is 9.97 Å². The average molecular weight is 289 g/mol. The standard InChI is InChI=1S/C19H19N3/c1-3-8-17(9-4-1)12-15-22(19-20-13-7-14-21-19)16-18-10-5-2-6-11-18/h1-11,13-14H,12,15-16H2. The molecule has 1 heterocycles. The number of aromatic nitrogens is 2. The maximum Gasteiger partial charge on any atom is 0.225 e. The number of anilines is 1. The lowest BCUT2D eigenvalue weighted by atomic mass is 10.1. The Morgan fingerprint density at radius 1 is 0.682 bits per heavy atom. The molecule has 0 spiro atoms. The van der Waals surface area contributed by atoms with Crippen LogP contribution in [0.3, 0.4) is 0 Å². The molecule has 0 unspecified atom stereocenters. The summed E-state index contributed by atoms with van der Waals surface area (Å²) in [6.07, 6.45) is 4.57. The van der Waals surface area contributed by atoms with E-state index >= 15 is 0 Å². The van der Waals surface area contributed by atoms with E-state index in [-0.39, 0.29) is 0 Å². The number of benzene rings is 2. The molecular weight excluding hydrogens is 270 g/mol. The quantitative estimate of drug-likeness (QED) is 0.692. The van der Waals surface area contributed by atoms with Crippen LogP contribution in [0, 0.1) is 0 Å². The number of rotatable bonds is 6. The molecule has 0 N–H and O–H groups in total. The van der Waals surface area contributed by atoms with Gasteiger partial charge in [-0.3, -0.25) is 0 Å². The fourth-order valence-electron chi connectivity index (χ4n) is 2.42. The number of hydrogen-bond acceptors (Lipinski definition) is 3. The molecule has 0 radical (unpaired) electrons. The van der Waals surface area contributed by atoms with Crippen molar-refractivity contribution < 1.29 is 0 Å². The van der Waals surface area contributed by atoms with Gasteiger partial charge in [0.1, 0.15) is 0 Å². The normalized spacial score (nSPS) is 10.4. The molecule has 0 saturated heterocycles. The second-order valence-corrected chi connectivity index (χ2v) is 5.19. The second kappa shape index (κ2) is 7.36. The van der Waals surface area contributed by atoms with Crippen LogP contribution in [0.25, 0.3) is 0 Å². The van der Waals surface area contributed by atoms with Gasteiger partial charge in [-0.15, -0.1) is 0 Å². The Kier molecular flexibility index (Phi) is 4.77. The maximum atomic E-state index is 4.40. The zero-order chi connectivity index (χ0) is 15.0. The molecule has 3 nitrogen and oxygen atoms in total. The molecule has 0 aliphatic rings. The summed E-state index contributed by atoms with van der Waals surface area (Å²) in [6.45, 7) is 1.71. The first-order valence-electron chi connectivity index (χ1n) is 7.51. The smallest absolute Gasteiger partial charge is 0.225 e. The lowest BCUT2D eigenvalue weighted by molar-refractivity contribution is 0.751. The van der Waals surface area contributed by atoms with E-state index in [1.165, 1.54) is 11.1 Å². The van der Waals surface area contributed by atoms with E-state index in [0.717, 1.165) is 25.5 Å². The van der Waals surface area contributed by atoms with Crippen LogP contribution in [0.15, 0.2) is 79.1 Å². The fourth-order valence-corrected chi connectivity index (χ4v) is 2.42. The Bertz CT molecular complexity index is 669. The van der Waals surface area contributed by atoms with E-state index in [1.54, 1.807) is 12.4 Å². The third-order valence-electron chi connectivity index (χ3n) is 3.56. The number of hydrogen-bond donors (Lipinski definition) is 0. The van der Waals surface area contributed by atoms with Crippen LogP contribution in [-0.4, -0.2) is 16.5 Å². The molecule has 0 aliphatic carbocycles. The van der Waals surface area contributed by atoms with Gasteiger partial charge in [-0.1, -0.05) is 60.7 Å². The third kappa shape index (κ3) is 3.92. The Balaban J connectivity index is 1.74. The SMILES string of the molecule is c1ccc(CCN(Cc2ccccc2)c2ncccn2)cc1. The highest BCUT2D eigenvalue weighted by molar-refractivity contribution is 5.32. The van der Waals surface area contributed by atoms with Crippen molar-refractivity contribution in [2.45, 2.75) is 13.0 Å². The van der Waals surface area contributed by atoms with Gasteiger partial charge in [-0.25, -0.2) is 9.97 Å². The summed E-state index contributed by atoms with van der Waals surface area (Å²) in [5, 5.41) is 0. The molecule has 22 heavy (non-hydrogen) atoms. The Labute approximate surface area is 131 Å². The van der Waals surface area contributed by atoms with E-state index in [2.05, 4.69) is 63.4 Å². The van der Waals surface area contributed by atoms with Gasteiger partial charge >= 0.3 is 0 Å². The second-order valence-electron chi connectivity index (χ2n) is 5.19. The molecule has 0 amide bonds. The first-order valence-corrected chi connectivity index (χ1v) is 7.51. The fraction of sp³-hybridized carbons (Fsp3) is 0.158. The van der Waals surface area contributed by atoms with Gasteiger partial charge in [0.2, 0.25) is 5.95 Å². The summed E-state index contributed by atoms with van der Waals surface area (Å²) in [4.78, 5) is 11.0. The van der Waals surface area contributed by atoms with Crippen molar-refractivity contribution in [2.75, 3.05) is 11.4 Å². The predicted molar refractivity (Wildman–Crippen MR) is 89.7 cm³/mol. The molecule has 0 saturated carbocycles. The van der Waals surface area contributed by atoms with Crippen LogP contribution in [0.1, 0.15) is 11.1 Å². The van der Waals surface area contributed by atoms with Crippen molar-refractivity contribution in [3.8, 4) is 0 Å². The molecule has 3 aromatic rings. The summed E-state index contributed by atoms with van der Waals surface area (Å²) in [5.74, 6) is 0.780. The molecule has 0 bridgehead atoms. The largest absolute Gasteiger partial charge is 0.336 e. The molecule has 2 aromatic carbocycles. The molecule has 0 fully saturated rings. The van der Waals surface area contributed by atoms with Crippen molar-refractivity contribution in [2.24, 2.45) is 0 Å². The summed E-state index contributed by atoms with van der Waals surface area (Å²) in [6, 6.07) is 22.8. The van der Waals surface area contributed by atoms with Crippen LogP contribution in [0.2, 0.25) is 0 Å². The van der Waals surface area contributed by atoms with Gasteiger partial charge in [0.15, 0.2) is 0 Å². The summed E-state index contributed by atoms with van der Waals surface area (Å²) in [7, 11) is 0. The minimum Gasteiger partial charge on any atom is -0.336 e. The van der Waals surface area contributed by atoms with Crippen molar-refractivity contribution in [1.29, 1.82) is 0 Å². The maximum absolute atomic E-state index is 4.40. The van der Waals surface area contributed by atoms with Crippen LogP contribution in [-0.2, 0) is 13.0 Å². The van der Waals surface area contributed by atoms with Gasteiger partial charge in [-0.05, 0) is 23.6 Å². The molecule has 1 aromatic heterocycles. The van der Waals surface area contributed by atoms with E-state index in [0.29, 0.717) is 0 Å². The highest BCUT2D eigenvalue weighted by atomic mass is 15.2. The number of nitrogens with zero attached hydrogens (tertiary/aromatic N) is 3. The minimum absolute atomic E-state index is 0.780. The molecule has 0 aliphatic heterocycles. The Morgan fingerprint density at radius 2 is 1.27 bits per heavy atom. The van der Waals surface area contributed by atoms with E-state index in [4.69, 9.17) is 0 Å². The minimum atomic E-state index is 0.780. The zero-order valence-corrected chi connectivity index (χ0v) is 12.5. The van der Waals surface area contributed by atoms with Gasteiger partial charge < -0.3 is 4.90 Å². The van der Waals surface area contributed by atoms with Crippen molar-refractivity contribution >= 4 is 5.95 Å². The van der Waals surface area contributed by atoms with E-state index in [9.17, 15) is 0 Å². The first-order chi connectivity index (χ1) is 10.9. The summed E-state index contributed by atoms with van der Waals surface area (Å²) >= 11 is 0. The van der Waals surface area contributed by atoms with Crippen molar-refractivity contribution in [3.05, 3.63) is 90.3 Å². The van der Waals surface area contributed by atoms with Crippen LogP contribution in [0.5, 0.6) is 0 Å². The Morgan fingerprint density at radius 3 is 1.91 bits per heavy atom. The van der Waals surface area contributed by atoms with Crippen LogP contribution < -0.4 is 4.90 Å². The molecule has 0 atom stereocenters. The molecular formula is C19H19N3. The zero-order valence-electron chi connectivity index (χ0n) is 12.5. The van der Waals surface area contributed by atoms with E-state index in [1.807, 2.05) is 18.2 Å². The predicted octanol–water partition coefficient (Wildman–Crippen LogP) is 3.73. The summed E-state index contributed by atoms with van der Waals surface area (Å²) in [5.41, 5.74) is 2.60. The molecule has 3 rings (SSSR count). The lowest BCUT2D eigenvalue weighted by Gasteiger charge is -2.22. The van der Waals surface area contributed by atoms with Gasteiger partial charge in [0.05, 0.1) is 0 Å². The third-order valence-corrected chi connectivity index (χ3v) is 3.56. The Hall–Kier alpha value is -2.68. The van der Waals surface area contributed by atoms with E-state index < -0.39 is 0 Å². The topological polar surface area (TPSA) is 29.0 Å². The highest BCUT2D eigenvalue weighted by Crippen LogP contribution is 2.12. The van der Waals surface area contributed by atoms with Crippen LogP contribution in [0.4, 0.5) is 5.95 Å². The lowest BCUT2D eigenvalue weighted by Crippen LogP contribution is -2.27. The first kappa shape index (κ1) is 14.3. The summed E-state index contributed by atoms with van der Waals surface area (Å²) < 4.78 is 0. The molecule has 110 valence electrons.